The summed E-state index contributed by atoms with van der Waals surface area (Å²) in [7, 11) is 0. The summed E-state index contributed by atoms with van der Waals surface area (Å²) in [4.78, 5) is 17.5. The predicted molar refractivity (Wildman–Crippen MR) is 117 cm³/mol. The Bertz CT molecular complexity index is 1100. The van der Waals surface area contributed by atoms with Gasteiger partial charge in [0.1, 0.15) is 0 Å². The van der Waals surface area contributed by atoms with Crippen molar-refractivity contribution in [3.63, 3.8) is 0 Å². The van der Waals surface area contributed by atoms with Crippen LogP contribution < -0.4 is 11.1 Å². The molecule has 1 fully saturated rings. The second kappa shape index (κ2) is 7.40. The van der Waals surface area contributed by atoms with E-state index in [0.29, 0.717) is 10.1 Å². The molecule has 0 saturated carbocycles. The van der Waals surface area contributed by atoms with Gasteiger partial charge in [0.05, 0.1) is 10.6 Å². The average molecular weight is 388 g/mol. The summed E-state index contributed by atoms with van der Waals surface area (Å²) in [6.45, 7) is 4.10. The highest BCUT2D eigenvalue weighted by molar-refractivity contribution is 8.18. The molecule has 0 unspecified atom stereocenters. The number of aromatic nitrogens is 1. The van der Waals surface area contributed by atoms with Crippen LogP contribution in [0.3, 0.4) is 0 Å². The van der Waals surface area contributed by atoms with Crippen LogP contribution in [0.15, 0.2) is 70.6 Å². The number of nitrogens with zero attached hydrogens (tertiary/aromatic N) is 2. The van der Waals surface area contributed by atoms with Crippen LogP contribution in [0.25, 0.3) is 11.8 Å². The third-order valence-electron chi connectivity index (χ3n) is 4.55. The number of carbonyl (C=O) groups excluding carboxylic acids is 1. The molecule has 0 aliphatic carbocycles. The first kappa shape index (κ1) is 18.1. The molecular formula is C22H20N4OS. The maximum Gasteiger partial charge on any atom is 0.264 e. The second-order valence-electron chi connectivity index (χ2n) is 6.57. The SMILES string of the molecule is Cc1cc(C=C2SC(=Nc3ccccc3)NC2=O)c(C)n1-c1ccc(N)cc1. The maximum absolute atomic E-state index is 12.4. The molecule has 5 nitrogen and oxygen atoms in total. The Labute approximate surface area is 168 Å². The molecule has 0 bridgehead atoms. The Balaban J connectivity index is 1.64. The van der Waals surface area contributed by atoms with Gasteiger partial charge in [-0.3, -0.25) is 4.79 Å². The fourth-order valence-corrected chi connectivity index (χ4v) is 4.03. The van der Waals surface area contributed by atoms with E-state index in [1.165, 1.54) is 11.8 Å². The summed E-state index contributed by atoms with van der Waals surface area (Å²) in [6.07, 6.45) is 1.92. The first-order valence-electron chi connectivity index (χ1n) is 8.91. The molecular weight excluding hydrogens is 368 g/mol. The minimum atomic E-state index is -0.128. The van der Waals surface area contributed by atoms with Crippen molar-refractivity contribution in [1.29, 1.82) is 0 Å². The number of nitrogens with two attached hydrogens (primary N) is 1. The number of amides is 1. The largest absolute Gasteiger partial charge is 0.399 e. The Kier molecular flexibility index (Phi) is 4.79. The molecule has 3 aromatic rings. The van der Waals surface area contributed by atoms with Crippen molar-refractivity contribution in [2.24, 2.45) is 4.99 Å². The van der Waals surface area contributed by atoms with Crippen LogP contribution in [-0.4, -0.2) is 15.6 Å². The minimum absolute atomic E-state index is 0.128. The Morgan fingerprint density at radius 3 is 2.50 bits per heavy atom. The van der Waals surface area contributed by atoms with Crippen LogP contribution in [-0.2, 0) is 4.79 Å². The number of aryl methyl sites for hydroxylation is 1. The van der Waals surface area contributed by atoms with Crippen molar-refractivity contribution in [1.82, 2.24) is 9.88 Å². The smallest absolute Gasteiger partial charge is 0.264 e. The number of hydrogen-bond donors (Lipinski definition) is 2. The zero-order valence-corrected chi connectivity index (χ0v) is 16.5. The lowest BCUT2D eigenvalue weighted by molar-refractivity contribution is -0.115. The van der Waals surface area contributed by atoms with Crippen LogP contribution in [0.4, 0.5) is 11.4 Å². The number of aliphatic imine (C=N–C) groups is 1. The van der Waals surface area contributed by atoms with Crippen molar-refractivity contribution in [2.45, 2.75) is 13.8 Å². The lowest BCUT2D eigenvalue weighted by atomic mass is 10.2. The molecule has 1 aliphatic heterocycles. The fraction of sp³-hybridized carbons (Fsp3) is 0.0909. The van der Waals surface area contributed by atoms with Crippen molar-refractivity contribution >= 4 is 40.3 Å². The second-order valence-corrected chi connectivity index (χ2v) is 7.60. The molecule has 0 spiro atoms. The van der Waals surface area contributed by atoms with E-state index in [4.69, 9.17) is 5.73 Å². The summed E-state index contributed by atoms with van der Waals surface area (Å²) in [5.74, 6) is -0.128. The van der Waals surface area contributed by atoms with Gasteiger partial charge in [0.25, 0.3) is 5.91 Å². The summed E-state index contributed by atoms with van der Waals surface area (Å²) >= 11 is 1.35. The number of rotatable bonds is 3. The number of amidine groups is 1. The third kappa shape index (κ3) is 3.59. The number of carbonyl (C=O) groups is 1. The number of benzene rings is 2. The van der Waals surface area contributed by atoms with Gasteiger partial charge in [0.15, 0.2) is 5.17 Å². The zero-order chi connectivity index (χ0) is 19.7. The zero-order valence-electron chi connectivity index (χ0n) is 15.6. The Morgan fingerprint density at radius 2 is 1.79 bits per heavy atom. The highest BCUT2D eigenvalue weighted by Gasteiger charge is 2.24. The molecule has 1 amide bonds. The molecule has 0 radical (unpaired) electrons. The van der Waals surface area contributed by atoms with E-state index in [2.05, 4.69) is 27.9 Å². The average Bonchev–Trinajstić information content (AvgIpc) is 3.16. The molecule has 1 aliphatic rings. The first-order valence-corrected chi connectivity index (χ1v) is 9.72. The van der Waals surface area contributed by atoms with E-state index in [1.807, 2.05) is 67.6 Å². The first-order chi connectivity index (χ1) is 13.5. The summed E-state index contributed by atoms with van der Waals surface area (Å²) in [6, 6.07) is 19.4. The van der Waals surface area contributed by atoms with Gasteiger partial charge in [0, 0.05) is 22.8 Å². The van der Waals surface area contributed by atoms with Gasteiger partial charge in [-0.2, -0.15) is 0 Å². The van der Waals surface area contributed by atoms with Gasteiger partial charge in [-0.25, -0.2) is 4.99 Å². The van der Waals surface area contributed by atoms with Gasteiger partial charge in [-0.15, -0.1) is 0 Å². The molecule has 6 heteroatoms. The predicted octanol–water partition coefficient (Wildman–Crippen LogP) is 4.57. The van der Waals surface area contributed by atoms with E-state index in [1.54, 1.807) is 0 Å². The quantitative estimate of drug-likeness (QED) is 0.510. The normalized spacial score (nSPS) is 16.7. The lowest BCUT2D eigenvalue weighted by Gasteiger charge is -2.09. The van der Waals surface area contributed by atoms with E-state index >= 15 is 0 Å². The van der Waals surface area contributed by atoms with Crippen LogP contribution in [0, 0.1) is 13.8 Å². The number of hydrogen-bond acceptors (Lipinski definition) is 4. The van der Waals surface area contributed by atoms with E-state index < -0.39 is 0 Å². The van der Waals surface area contributed by atoms with Crippen LogP contribution in [0.1, 0.15) is 17.0 Å². The molecule has 4 rings (SSSR count). The number of anilines is 1. The Morgan fingerprint density at radius 1 is 1.07 bits per heavy atom. The van der Waals surface area contributed by atoms with Crippen molar-refractivity contribution < 1.29 is 4.79 Å². The van der Waals surface area contributed by atoms with Crippen LogP contribution in [0.5, 0.6) is 0 Å². The van der Waals surface area contributed by atoms with Gasteiger partial charge in [-0.1, -0.05) is 18.2 Å². The van der Waals surface area contributed by atoms with Crippen molar-refractivity contribution in [3.05, 3.63) is 82.5 Å². The van der Waals surface area contributed by atoms with Gasteiger partial charge in [0.2, 0.25) is 0 Å². The van der Waals surface area contributed by atoms with Gasteiger partial charge in [-0.05, 0) is 79.7 Å². The van der Waals surface area contributed by atoms with Crippen LogP contribution >= 0.6 is 11.8 Å². The molecule has 1 saturated heterocycles. The standard InChI is InChI=1S/C22H20N4OS/c1-14-12-16(15(2)26(14)19-10-8-17(23)9-11-19)13-20-21(27)25-22(28-20)24-18-6-4-3-5-7-18/h3-13H,23H2,1-2H3,(H,24,25,27). The van der Waals surface area contributed by atoms with Gasteiger partial charge < -0.3 is 15.6 Å². The number of nitrogen functional groups attached to an aromatic ring is 1. The highest BCUT2D eigenvalue weighted by atomic mass is 32.2. The van der Waals surface area contributed by atoms with Crippen molar-refractivity contribution in [3.8, 4) is 5.69 Å². The number of thioether (sulfide) groups is 1. The molecule has 2 aromatic carbocycles. The monoisotopic (exact) mass is 388 g/mol. The van der Waals surface area contributed by atoms with Gasteiger partial charge >= 0.3 is 0 Å². The fourth-order valence-electron chi connectivity index (χ4n) is 3.20. The highest BCUT2D eigenvalue weighted by Crippen LogP contribution is 2.30. The topological polar surface area (TPSA) is 72.4 Å². The number of para-hydroxylation sites is 1. The summed E-state index contributed by atoms with van der Waals surface area (Å²) in [5.41, 5.74) is 11.6. The maximum atomic E-state index is 12.4. The molecule has 3 N–H and O–H groups in total. The lowest BCUT2D eigenvalue weighted by Crippen LogP contribution is -2.19. The van der Waals surface area contributed by atoms with Crippen molar-refractivity contribution in [2.75, 3.05) is 5.73 Å². The van der Waals surface area contributed by atoms with E-state index in [-0.39, 0.29) is 5.91 Å². The Hall–Kier alpha value is -3.25. The molecule has 1 aromatic heterocycles. The third-order valence-corrected chi connectivity index (χ3v) is 5.46. The molecule has 0 atom stereocenters. The molecule has 2 heterocycles. The number of nitrogens with one attached hydrogen (secondary N) is 1. The van der Waals surface area contributed by atoms with E-state index in [0.717, 1.165) is 34.0 Å². The molecule has 140 valence electrons. The van der Waals surface area contributed by atoms with Crippen LogP contribution in [0.2, 0.25) is 0 Å². The summed E-state index contributed by atoms with van der Waals surface area (Å²) in [5, 5.41) is 3.43. The van der Waals surface area contributed by atoms with E-state index in [9.17, 15) is 4.79 Å². The molecule has 28 heavy (non-hydrogen) atoms. The summed E-state index contributed by atoms with van der Waals surface area (Å²) < 4.78 is 2.16. The minimum Gasteiger partial charge on any atom is -0.399 e.